The minimum absolute atomic E-state index is 0.201. The van der Waals surface area contributed by atoms with Gasteiger partial charge in [-0.1, -0.05) is 6.07 Å². The molecular formula is C25H24N6O2S2. The van der Waals surface area contributed by atoms with Crippen LogP contribution in [0.5, 0.6) is 0 Å². The molecule has 3 aromatic heterocycles. The van der Waals surface area contributed by atoms with Crippen LogP contribution in [0.25, 0.3) is 5.69 Å². The third-order valence-corrected chi connectivity index (χ3v) is 6.81. The third kappa shape index (κ3) is 4.62. The van der Waals surface area contributed by atoms with Gasteiger partial charge in [0.2, 0.25) is 10.0 Å². The number of nitrogens with zero attached hydrogens (tertiary/aromatic N) is 4. The van der Waals surface area contributed by atoms with Crippen LogP contribution in [0.1, 0.15) is 29.0 Å². The summed E-state index contributed by atoms with van der Waals surface area (Å²) in [5.74, 6) is 0. The van der Waals surface area contributed by atoms with E-state index < -0.39 is 10.0 Å². The predicted molar refractivity (Wildman–Crippen MR) is 141 cm³/mol. The molecule has 0 amide bonds. The Balaban J connectivity index is 1.63. The summed E-state index contributed by atoms with van der Waals surface area (Å²) in [6.45, 7) is 1.87. The van der Waals surface area contributed by atoms with E-state index in [4.69, 9.17) is 12.2 Å². The first-order chi connectivity index (χ1) is 16.8. The van der Waals surface area contributed by atoms with Crippen molar-refractivity contribution in [2.24, 2.45) is 0 Å². The highest BCUT2D eigenvalue weighted by Gasteiger charge is 2.42. The molecule has 1 saturated heterocycles. The van der Waals surface area contributed by atoms with Crippen molar-refractivity contribution in [3.05, 3.63) is 102 Å². The van der Waals surface area contributed by atoms with Crippen LogP contribution in [0.3, 0.4) is 0 Å². The summed E-state index contributed by atoms with van der Waals surface area (Å²) in [5, 5.41) is 4.03. The molecule has 0 spiro atoms. The van der Waals surface area contributed by atoms with Crippen LogP contribution in [-0.4, -0.2) is 34.3 Å². The number of aromatic nitrogens is 3. The first kappa shape index (κ1) is 23.0. The Morgan fingerprint density at radius 2 is 1.80 bits per heavy atom. The summed E-state index contributed by atoms with van der Waals surface area (Å²) < 4.78 is 28.2. The van der Waals surface area contributed by atoms with Gasteiger partial charge in [0.1, 0.15) is 6.04 Å². The lowest BCUT2D eigenvalue weighted by atomic mass is 10.0. The maximum Gasteiger partial charge on any atom is 0.229 e. The lowest BCUT2D eigenvalue weighted by molar-refractivity contribution is 0.549. The molecule has 8 nitrogen and oxygen atoms in total. The van der Waals surface area contributed by atoms with E-state index in [9.17, 15) is 8.42 Å². The van der Waals surface area contributed by atoms with Crippen molar-refractivity contribution in [3.8, 4) is 5.69 Å². The molecule has 1 aliphatic heterocycles. The molecule has 4 aromatic rings. The van der Waals surface area contributed by atoms with Gasteiger partial charge in [-0.05, 0) is 79.3 Å². The Bertz CT molecular complexity index is 1470. The molecule has 0 bridgehead atoms. The number of anilines is 2. The molecular weight excluding hydrogens is 480 g/mol. The number of aryl methyl sites for hydroxylation is 1. The third-order valence-electron chi connectivity index (χ3n) is 5.91. The van der Waals surface area contributed by atoms with Crippen LogP contribution in [0.2, 0.25) is 0 Å². The lowest BCUT2D eigenvalue weighted by Gasteiger charge is -2.29. The van der Waals surface area contributed by atoms with Gasteiger partial charge in [-0.15, -0.1) is 0 Å². The fourth-order valence-corrected chi connectivity index (χ4v) is 5.39. The molecule has 0 saturated carbocycles. The Morgan fingerprint density at radius 3 is 2.49 bits per heavy atom. The van der Waals surface area contributed by atoms with Crippen molar-refractivity contribution in [3.63, 3.8) is 0 Å². The van der Waals surface area contributed by atoms with Gasteiger partial charge in [-0.25, -0.2) is 8.42 Å². The van der Waals surface area contributed by atoms with Crippen LogP contribution < -0.4 is 14.9 Å². The molecule has 1 fully saturated rings. The number of hydrogen-bond donors (Lipinski definition) is 2. The van der Waals surface area contributed by atoms with E-state index in [2.05, 4.69) is 35.5 Å². The van der Waals surface area contributed by atoms with Crippen LogP contribution >= 0.6 is 12.2 Å². The molecule has 1 aromatic carbocycles. The average molecular weight is 505 g/mol. The van der Waals surface area contributed by atoms with Crippen molar-refractivity contribution >= 4 is 38.7 Å². The van der Waals surface area contributed by atoms with E-state index >= 15 is 0 Å². The van der Waals surface area contributed by atoms with Crippen LogP contribution in [0, 0.1) is 6.92 Å². The maximum absolute atomic E-state index is 11.8. The van der Waals surface area contributed by atoms with Crippen molar-refractivity contribution < 1.29 is 8.42 Å². The van der Waals surface area contributed by atoms with Gasteiger partial charge in [0.15, 0.2) is 5.11 Å². The highest BCUT2D eigenvalue weighted by molar-refractivity contribution is 7.92. The minimum atomic E-state index is -3.39. The van der Waals surface area contributed by atoms with E-state index in [0.717, 1.165) is 34.6 Å². The first-order valence-electron chi connectivity index (χ1n) is 11.0. The van der Waals surface area contributed by atoms with E-state index in [0.29, 0.717) is 10.8 Å². The molecule has 4 heterocycles. The van der Waals surface area contributed by atoms with Crippen molar-refractivity contribution in [1.82, 2.24) is 19.9 Å². The van der Waals surface area contributed by atoms with Crippen LogP contribution in [0.15, 0.2) is 85.5 Å². The highest BCUT2D eigenvalue weighted by atomic mass is 32.2. The van der Waals surface area contributed by atoms with Gasteiger partial charge in [-0.3, -0.25) is 14.7 Å². The van der Waals surface area contributed by atoms with Crippen molar-refractivity contribution in [2.75, 3.05) is 15.9 Å². The Morgan fingerprint density at radius 1 is 1.00 bits per heavy atom. The predicted octanol–water partition coefficient (Wildman–Crippen LogP) is 4.12. The minimum Gasteiger partial charge on any atom is -0.351 e. The van der Waals surface area contributed by atoms with Gasteiger partial charge in [-0.2, -0.15) is 0 Å². The zero-order valence-electron chi connectivity index (χ0n) is 19.2. The highest BCUT2D eigenvalue weighted by Crippen LogP contribution is 2.42. The fraction of sp³-hybridized carbons (Fsp3) is 0.160. The number of pyridine rings is 2. The number of nitrogens with one attached hydrogen (secondary N) is 2. The molecule has 2 unspecified atom stereocenters. The fourth-order valence-electron chi connectivity index (χ4n) is 4.42. The van der Waals surface area contributed by atoms with Crippen molar-refractivity contribution in [2.45, 2.75) is 19.0 Å². The number of rotatable bonds is 6. The summed E-state index contributed by atoms with van der Waals surface area (Å²) in [7, 11) is -3.39. The van der Waals surface area contributed by atoms with Gasteiger partial charge >= 0.3 is 0 Å². The van der Waals surface area contributed by atoms with Crippen LogP contribution in [-0.2, 0) is 10.0 Å². The van der Waals surface area contributed by atoms with E-state index in [1.165, 1.54) is 0 Å². The normalized spacial score (nSPS) is 17.9. The second-order valence-corrected chi connectivity index (χ2v) is 10.5. The quantitative estimate of drug-likeness (QED) is 0.382. The molecule has 178 valence electrons. The zero-order valence-corrected chi connectivity index (χ0v) is 20.8. The molecule has 35 heavy (non-hydrogen) atoms. The van der Waals surface area contributed by atoms with E-state index in [1.807, 2.05) is 61.7 Å². The summed E-state index contributed by atoms with van der Waals surface area (Å²) >= 11 is 5.83. The summed E-state index contributed by atoms with van der Waals surface area (Å²) in [6.07, 6.45) is 8.46. The van der Waals surface area contributed by atoms with Gasteiger partial charge in [0.25, 0.3) is 0 Å². The van der Waals surface area contributed by atoms with E-state index in [-0.39, 0.29) is 12.1 Å². The topological polar surface area (TPSA) is 92.2 Å². The average Bonchev–Trinajstić information content (AvgIpc) is 3.45. The molecule has 10 heteroatoms. The molecule has 5 rings (SSSR count). The number of sulfonamides is 1. The maximum atomic E-state index is 11.8. The standard InChI is InChI=1S/C25H24N6O2S2/c1-17-16-19(8-9-20(17)29-35(2,32)33)31-24(23(28-25(31)34)21-6-3-4-12-27-21)22-7-5-15-30(22)18-10-13-26-14-11-18/h3-16,23-24,29H,1-2H3,(H,28,34). The number of benzene rings is 1. The smallest absolute Gasteiger partial charge is 0.229 e. The van der Waals surface area contributed by atoms with Gasteiger partial charge < -0.3 is 14.8 Å². The summed E-state index contributed by atoms with van der Waals surface area (Å²) in [6, 6.07) is 19.0. The molecule has 2 N–H and O–H groups in total. The Labute approximate surface area is 209 Å². The second-order valence-electron chi connectivity index (χ2n) is 8.38. The lowest BCUT2D eigenvalue weighted by Crippen LogP contribution is -2.30. The Kier molecular flexibility index (Phi) is 6.00. The Hall–Kier alpha value is -3.76. The van der Waals surface area contributed by atoms with E-state index in [1.54, 1.807) is 24.7 Å². The summed E-state index contributed by atoms with van der Waals surface area (Å²) in [4.78, 5) is 10.8. The van der Waals surface area contributed by atoms with Gasteiger partial charge in [0.05, 0.1) is 23.7 Å². The molecule has 0 radical (unpaired) electrons. The zero-order chi connectivity index (χ0) is 24.6. The molecule has 2 atom stereocenters. The first-order valence-corrected chi connectivity index (χ1v) is 13.3. The summed E-state index contributed by atoms with van der Waals surface area (Å²) in [5.41, 5.74) is 5.06. The monoisotopic (exact) mass is 504 g/mol. The molecule has 0 aliphatic carbocycles. The van der Waals surface area contributed by atoms with Gasteiger partial charge in [0, 0.05) is 41.9 Å². The van der Waals surface area contributed by atoms with Crippen LogP contribution in [0.4, 0.5) is 11.4 Å². The number of hydrogen-bond acceptors (Lipinski definition) is 5. The second kappa shape index (κ2) is 9.12. The van der Waals surface area contributed by atoms with Crippen molar-refractivity contribution in [1.29, 1.82) is 0 Å². The SMILES string of the molecule is Cc1cc(N2C(=S)NC(c3ccccn3)C2c2cccn2-c2ccncc2)ccc1NS(C)(=O)=O. The number of thiocarbonyl (C=S) groups is 1. The molecule has 1 aliphatic rings. The largest absolute Gasteiger partial charge is 0.351 e.